The lowest BCUT2D eigenvalue weighted by molar-refractivity contribution is -0.159. The number of carbonyl (C=O) groups is 2. The van der Waals surface area contributed by atoms with Crippen molar-refractivity contribution in [2.45, 2.75) is 49.8 Å². The molecule has 4 bridgehead atoms. The first-order valence-corrected chi connectivity index (χ1v) is 9.44. The van der Waals surface area contributed by atoms with Crippen molar-refractivity contribution in [1.82, 2.24) is 0 Å². The Labute approximate surface area is 150 Å². The molecule has 1 aromatic carbocycles. The highest BCUT2D eigenvalue weighted by Gasteiger charge is 2.60. The molecule has 24 heavy (non-hydrogen) atoms. The molecule has 0 spiro atoms. The van der Waals surface area contributed by atoms with Gasteiger partial charge in [0.25, 0.3) is 0 Å². The Hall–Kier alpha value is -1.36. The number of amides is 1. The Morgan fingerprint density at radius 1 is 1.12 bits per heavy atom. The van der Waals surface area contributed by atoms with Crippen LogP contribution >= 0.6 is 15.9 Å². The van der Waals surface area contributed by atoms with E-state index in [9.17, 15) is 9.59 Å². The summed E-state index contributed by atoms with van der Waals surface area (Å²) in [6.07, 6.45) is 6.51. The first-order chi connectivity index (χ1) is 11.4. The summed E-state index contributed by atoms with van der Waals surface area (Å²) in [5, 5.41) is 2.71. The third kappa shape index (κ3) is 2.87. The lowest BCUT2D eigenvalue weighted by Crippen LogP contribution is -2.56. The fraction of sp³-hybridized carbons (Fsp3) is 0.579. The topological polar surface area (TPSA) is 55.4 Å². The number of benzene rings is 1. The van der Waals surface area contributed by atoms with Crippen LogP contribution in [0.2, 0.25) is 0 Å². The van der Waals surface area contributed by atoms with Gasteiger partial charge < -0.3 is 10.1 Å². The van der Waals surface area contributed by atoms with Crippen LogP contribution in [0.25, 0.3) is 0 Å². The normalized spacial score (nSPS) is 36.4. The molecule has 1 N–H and O–H groups in total. The van der Waals surface area contributed by atoms with Crippen molar-refractivity contribution < 1.29 is 14.3 Å². The van der Waals surface area contributed by atoms with Crippen LogP contribution in [0.5, 0.6) is 5.75 Å². The van der Waals surface area contributed by atoms with Gasteiger partial charge in [0.15, 0.2) is 0 Å². The van der Waals surface area contributed by atoms with Gasteiger partial charge in [0.1, 0.15) is 5.75 Å². The molecule has 1 aromatic rings. The van der Waals surface area contributed by atoms with Gasteiger partial charge in [-0.25, -0.2) is 0 Å². The SMILES string of the molecule is CC(=O)Nc1ccc(OC(=O)C23CC4CC(CC(Br)(C4)C2)C3)cc1. The van der Waals surface area contributed by atoms with Crippen molar-refractivity contribution in [3.63, 3.8) is 0 Å². The van der Waals surface area contributed by atoms with E-state index in [4.69, 9.17) is 4.74 Å². The minimum Gasteiger partial charge on any atom is -0.426 e. The molecule has 0 aliphatic heterocycles. The number of anilines is 1. The minimum absolute atomic E-state index is 0.0762. The largest absolute Gasteiger partial charge is 0.426 e. The van der Waals surface area contributed by atoms with E-state index < -0.39 is 0 Å². The molecule has 5 rings (SSSR count). The number of ether oxygens (including phenoxy) is 1. The number of nitrogens with one attached hydrogen (secondary N) is 1. The van der Waals surface area contributed by atoms with Crippen molar-refractivity contribution in [2.75, 3.05) is 5.32 Å². The molecule has 4 nitrogen and oxygen atoms in total. The number of alkyl halides is 1. The molecule has 4 aliphatic rings. The number of carbonyl (C=O) groups excluding carboxylic acids is 2. The zero-order valence-corrected chi connectivity index (χ0v) is 15.4. The van der Waals surface area contributed by atoms with Crippen molar-refractivity contribution in [3.8, 4) is 5.75 Å². The van der Waals surface area contributed by atoms with E-state index in [-0.39, 0.29) is 21.6 Å². The lowest BCUT2D eigenvalue weighted by Gasteiger charge is -2.58. The third-order valence-corrected chi connectivity index (χ3v) is 6.74. The summed E-state index contributed by atoms with van der Waals surface area (Å²) in [5.41, 5.74) is 0.390. The van der Waals surface area contributed by atoms with Crippen LogP contribution in [0.3, 0.4) is 0 Å². The minimum atomic E-state index is -0.316. The summed E-state index contributed by atoms with van der Waals surface area (Å²) in [6, 6.07) is 7.01. The highest BCUT2D eigenvalue weighted by atomic mass is 79.9. The van der Waals surface area contributed by atoms with Gasteiger partial charge in [-0.15, -0.1) is 0 Å². The van der Waals surface area contributed by atoms with Gasteiger partial charge in [0.05, 0.1) is 5.41 Å². The molecule has 0 saturated heterocycles. The molecule has 2 unspecified atom stereocenters. The summed E-state index contributed by atoms with van der Waals surface area (Å²) in [6.45, 7) is 1.47. The average molecular weight is 392 g/mol. The molecule has 0 heterocycles. The molecule has 4 aliphatic carbocycles. The van der Waals surface area contributed by atoms with Crippen LogP contribution in [-0.4, -0.2) is 16.2 Å². The van der Waals surface area contributed by atoms with Crippen molar-refractivity contribution >= 4 is 33.5 Å². The molecular formula is C19H22BrNO3. The molecule has 4 fully saturated rings. The van der Waals surface area contributed by atoms with Gasteiger partial charge in [-0.3, -0.25) is 9.59 Å². The highest BCUT2D eigenvalue weighted by Crippen LogP contribution is 2.64. The van der Waals surface area contributed by atoms with Crippen molar-refractivity contribution in [1.29, 1.82) is 0 Å². The molecule has 128 valence electrons. The Balaban J connectivity index is 1.49. The van der Waals surface area contributed by atoms with Crippen LogP contribution in [0.1, 0.15) is 45.4 Å². The number of hydrogen-bond acceptors (Lipinski definition) is 3. The van der Waals surface area contributed by atoms with Crippen molar-refractivity contribution in [3.05, 3.63) is 24.3 Å². The first-order valence-electron chi connectivity index (χ1n) is 8.65. The first kappa shape index (κ1) is 16.1. The van der Waals surface area contributed by atoms with E-state index in [1.54, 1.807) is 24.3 Å². The second-order valence-electron chi connectivity index (χ2n) is 7.99. The maximum atomic E-state index is 13.0. The monoisotopic (exact) mass is 391 g/mol. The molecular weight excluding hydrogens is 370 g/mol. The highest BCUT2D eigenvalue weighted by molar-refractivity contribution is 9.10. The number of hydrogen-bond donors (Lipinski definition) is 1. The van der Waals surface area contributed by atoms with Gasteiger partial charge in [0, 0.05) is 16.9 Å². The summed E-state index contributed by atoms with van der Waals surface area (Å²) in [7, 11) is 0. The quantitative estimate of drug-likeness (QED) is 0.475. The summed E-state index contributed by atoms with van der Waals surface area (Å²) in [4.78, 5) is 24.0. The second-order valence-corrected chi connectivity index (χ2v) is 9.67. The summed E-state index contributed by atoms with van der Waals surface area (Å²) in [5.74, 6) is 1.66. The zero-order valence-electron chi connectivity index (χ0n) is 13.8. The van der Waals surface area contributed by atoms with E-state index in [2.05, 4.69) is 21.2 Å². The van der Waals surface area contributed by atoms with Crippen LogP contribution in [0, 0.1) is 17.3 Å². The smallest absolute Gasteiger partial charge is 0.317 e. The Kier molecular flexibility index (Phi) is 3.75. The Morgan fingerprint density at radius 3 is 2.29 bits per heavy atom. The molecule has 2 atom stereocenters. The Morgan fingerprint density at radius 2 is 1.75 bits per heavy atom. The van der Waals surface area contributed by atoms with Gasteiger partial charge >= 0.3 is 5.97 Å². The molecule has 1 amide bonds. The van der Waals surface area contributed by atoms with E-state index >= 15 is 0 Å². The van der Waals surface area contributed by atoms with Crippen molar-refractivity contribution in [2.24, 2.45) is 17.3 Å². The standard InChI is InChI=1S/C19H22BrNO3/c1-12(22)21-15-2-4-16(5-3-15)24-17(23)18-7-13-6-14(8-18)10-19(20,9-13)11-18/h2-5,13-14H,6-11H2,1H3,(H,21,22). The summed E-state index contributed by atoms with van der Waals surface area (Å²) < 4.78 is 5.88. The van der Waals surface area contributed by atoms with Gasteiger partial charge in [-0.1, -0.05) is 15.9 Å². The fourth-order valence-electron chi connectivity index (χ4n) is 5.41. The van der Waals surface area contributed by atoms with E-state index in [0.717, 1.165) is 19.3 Å². The molecule has 4 saturated carbocycles. The maximum Gasteiger partial charge on any atom is 0.317 e. The second kappa shape index (κ2) is 5.58. The number of esters is 1. The average Bonchev–Trinajstić information content (AvgIpc) is 2.46. The third-order valence-electron chi connectivity index (χ3n) is 5.81. The van der Waals surface area contributed by atoms with Gasteiger partial charge in [0.2, 0.25) is 5.91 Å². The number of halogens is 1. The number of rotatable bonds is 3. The fourth-order valence-corrected chi connectivity index (χ4v) is 6.87. The molecule has 0 radical (unpaired) electrons. The maximum absolute atomic E-state index is 13.0. The summed E-state index contributed by atoms with van der Waals surface area (Å²) >= 11 is 3.93. The molecule has 0 aromatic heterocycles. The van der Waals surface area contributed by atoms with Gasteiger partial charge in [-0.2, -0.15) is 0 Å². The van der Waals surface area contributed by atoms with Gasteiger partial charge in [-0.05, 0) is 74.6 Å². The van der Waals surface area contributed by atoms with Crippen LogP contribution in [0.4, 0.5) is 5.69 Å². The van der Waals surface area contributed by atoms with Crippen LogP contribution in [0.15, 0.2) is 24.3 Å². The predicted molar refractivity (Wildman–Crippen MR) is 95.2 cm³/mol. The predicted octanol–water partition coefficient (Wildman–Crippen LogP) is 4.28. The van der Waals surface area contributed by atoms with Crippen LogP contribution in [-0.2, 0) is 9.59 Å². The lowest BCUT2D eigenvalue weighted by atomic mass is 9.49. The van der Waals surface area contributed by atoms with Crippen LogP contribution < -0.4 is 10.1 Å². The molecule has 5 heteroatoms. The Bertz CT molecular complexity index is 670. The van der Waals surface area contributed by atoms with E-state index in [1.165, 1.54) is 26.2 Å². The van der Waals surface area contributed by atoms with E-state index in [0.29, 0.717) is 23.3 Å². The van der Waals surface area contributed by atoms with E-state index in [1.807, 2.05) is 0 Å². The zero-order chi connectivity index (χ0) is 16.9.